The van der Waals surface area contributed by atoms with Gasteiger partial charge in [0.25, 0.3) is 0 Å². The maximum Gasteiger partial charge on any atom is 0.241 e. The number of carbonyl (C=O) groups is 1. The molecular formula is C26H25N3OS. The van der Waals surface area contributed by atoms with Gasteiger partial charge >= 0.3 is 0 Å². The molecule has 5 heteroatoms. The second-order valence-corrected chi connectivity index (χ2v) is 9.10. The number of anilines is 2. The van der Waals surface area contributed by atoms with E-state index >= 15 is 0 Å². The van der Waals surface area contributed by atoms with Crippen LogP contribution in [0, 0.1) is 17.2 Å². The zero-order valence-electron chi connectivity index (χ0n) is 17.8. The number of para-hydroxylation sites is 2. The van der Waals surface area contributed by atoms with E-state index in [9.17, 15) is 10.1 Å². The first kappa shape index (κ1) is 21.1. The van der Waals surface area contributed by atoms with Gasteiger partial charge in [0.05, 0.1) is 22.7 Å². The molecule has 1 amide bonds. The molecular weight excluding hydrogens is 402 g/mol. The fourth-order valence-electron chi connectivity index (χ4n) is 3.95. The molecule has 0 atom stereocenters. The van der Waals surface area contributed by atoms with Gasteiger partial charge < -0.3 is 0 Å². The van der Waals surface area contributed by atoms with Gasteiger partial charge in [-0.15, -0.1) is 0 Å². The van der Waals surface area contributed by atoms with Crippen molar-refractivity contribution in [2.75, 3.05) is 10.7 Å². The Labute approximate surface area is 187 Å². The number of benzene rings is 2. The number of nitrogens with zero attached hydrogens (tertiary/aromatic N) is 3. The summed E-state index contributed by atoms with van der Waals surface area (Å²) < 4.78 is 0. The first-order valence-electron chi connectivity index (χ1n) is 10.6. The summed E-state index contributed by atoms with van der Waals surface area (Å²) in [5.41, 5.74) is 5.70. The van der Waals surface area contributed by atoms with Crippen molar-refractivity contribution >= 4 is 29.0 Å². The third-order valence-corrected chi connectivity index (χ3v) is 6.34. The van der Waals surface area contributed by atoms with Gasteiger partial charge in [0.2, 0.25) is 5.91 Å². The van der Waals surface area contributed by atoms with E-state index in [4.69, 9.17) is 0 Å². The molecule has 0 radical (unpaired) electrons. The lowest BCUT2D eigenvalue weighted by Crippen LogP contribution is -2.28. The lowest BCUT2D eigenvalue weighted by molar-refractivity contribution is -0.115. The first-order chi connectivity index (χ1) is 15.1. The lowest BCUT2D eigenvalue weighted by atomic mass is 10.0. The van der Waals surface area contributed by atoms with Crippen molar-refractivity contribution in [2.45, 2.75) is 38.1 Å². The molecule has 0 saturated heterocycles. The number of pyridine rings is 1. The van der Waals surface area contributed by atoms with Crippen LogP contribution in [0.5, 0.6) is 0 Å². The van der Waals surface area contributed by atoms with E-state index in [1.807, 2.05) is 53.4 Å². The molecule has 3 aromatic rings. The molecule has 0 unspecified atom stereocenters. The molecule has 0 aliphatic carbocycles. The predicted molar refractivity (Wildman–Crippen MR) is 126 cm³/mol. The highest BCUT2D eigenvalue weighted by atomic mass is 32.2. The third kappa shape index (κ3) is 4.65. The molecule has 1 aliphatic heterocycles. The highest BCUT2D eigenvalue weighted by Gasteiger charge is 2.25. The second-order valence-electron chi connectivity index (χ2n) is 8.14. The SMILES string of the molecule is CC(C)Cc1ccc(C#N)c(SCC(=O)N2c3ccccc3CCc3ccccc32)n1. The van der Waals surface area contributed by atoms with Crippen molar-refractivity contribution in [1.29, 1.82) is 5.26 Å². The summed E-state index contributed by atoms with van der Waals surface area (Å²) in [5.74, 6) is 0.687. The molecule has 0 spiro atoms. The molecule has 31 heavy (non-hydrogen) atoms. The van der Waals surface area contributed by atoms with Crippen molar-refractivity contribution in [3.63, 3.8) is 0 Å². The zero-order valence-corrected chi connectivity index (χ0v) is 18.7. The highest BCUT2D eigenvalue weighted by Crippen LogP contribution is 2.36. The molecule has 2 aromatic carbocycles. The molecule has 2 heterocycles. The fraction of sp³-hybridized carbons (Fsp3) is 0.269. The van der Waals surface area contributed by atoms with Crippen molar-refractivity contribution < 1.29 is 4.79 Å². The normalized spacial score (nSPS) is 12.6. The van der Waals surface area contributed by atoms with Crippen LogP contribution < -0.4 is 4.90 Å². The van der Waals surface area contributed by atoms with Crippen LogP contribution in [0.1, 0.15) is 36.2 Å². The average molecular weight is 428 g/mol. The number of amides is 1. The molecule has 0 bridgehead atoms. The van der Waals surface area contributed by atoms with Crippen LogP contribution in [-0.4, -0.2) is 16.6 Å². The molecule has 4 nitrogen and oxygen atoms in total. The Bertz CT molecular complexity index is 1100. The van der Waals surface area contributed by atoms with Crippen LogP contribution >= 0.6 is 11.8 Å². The summed E-state index contributed by atoms with van der Waals surface area (Å²) in [4.78, 5) is 20.0. The summed E-state index contributed by atoms with van der Waals surface area (Å²) in [6.07, 6.45) is 2.66. The highest BCUT2D eigenvalue weighted by molar-refractivity contribution is 8.00. The quantitative estimate of drug-likeness (QED) is 0.490. The van der Waals surface area contributed by atoms with E-state index in [1.54, 1.807) is 0 Å². The second kappa shape index (κ2) is 9.36. The summed E-state index contributed by atoms with van der Waals surface area (Å²) in [6.45, 7) is 4.29. The fourth-order valence-corrected chi connectivity index (χ4v) is 4.79. The smallest absolute Gasteiger partial charge is 0.241 e. The van der Waals surface area contributed by atoms with E-state index in [-0.39, 0.29) is 11.7 Å². The lowest BCUT2D eigenvalue weighted by Gasteiger charge is -2.25. The molecule has 0 fully saturated rings. The van der Waals surface area contributed by atoms with Gasteiger partial charge in [-0.1, -0.05) is 62.0 Å². The maximum absolute atomic E-state index is 13.5. The molecule has 4 rings (SSSR count). The number of hydrogen-bond donors (Lipinski definition) is 0. The predicted octanol–water partition coefficient (Wildman–Crippen LogP) is 5.71. The van der Waals surface area contributed by atoms with Gasteiger partial charge in [-0.2, -0.15) is 5.26 Å². The first-order valence-corrected chi connectivity index (χ1v) is 11.6. The van der Waals surface area contributed by atoms with Crippen LogP contribution in [0.15, 0.2) is 65.7 Å². The summed E-state index contributed by atoms with van der Waals surface area (Å²) >= 11 is 1.35. The summed E-state index contributed by atoms with van der Waals surface area (Å²) in [7, 11) is 0. The third-order valence-electron chi connectivity index (χ3n) is 5.37. The molecule has 0 N–H and O–H groups in total. The van der Waals surface area contributed by atoms with Gasteiger partial charge in [0.15, 0.2) is 0 Å². The summed E-state index contributed by atoms with van der Waals surface area (Å²) in [5, 5.41) is 10.1. The van der Waals surface area contributed by atoms with Crippen LogP contribution in [0.4, 0.5) is 11.4 Å². The molecule has 0 saturated carbocycles. The standard InChI is InChI=1S/C26H25N3OS/c1-18(2)15-22-14-13-21(16-27)26(28-22)31-17-25(30)29-23-9-5-3-7-19(23)11-12-20-8-4-6-10-24(20)29/h3-10,13-14,18H,11-12,15,17H2,1-2H3. The van der Waals surface area contributed by atoms with Crippen LogP contribution in [0.2, 0.25) is 0 Å². The van der Waals surface area contributed by atoms with Crippen molar-refractivity contribution in [1.82, 2.24) is 4.98 Å². The number of nitriles is 1. The van der Waals surface area contributed by atoms with Gasteiger partial charge in [-0.3, -0.25) is 9.69 Å². The Morgan fingerprint density at radius 2 is 1.65 bits per heavy atom. The van der Waals surface area contributed by atoms with E-state index in [0.717, 1.165) is 36.3 Å². The minimum Gasteiger partial charge on any atom is -0.280 e. The number of rotatable bonds is 5. The number of aryl methyl sites for hydroxylation is 2. The molecule has 156 valence electrons. The molecule has 1 aliphatic rings. The molecule has 1 aromatic heterocycles. The Balaban J connectivity index is 1.63. The number of fused-ring (bicyclic) bond motifs is 2. The minimum absolute atomic E-state index is 0.00764. The number of aromatic nitrogens is 1. The topological polar surface area (TPSA) is 57.0 Å². The van der Waals surface area contributed by atoms with Gasteiger partial charge in [-0.25, -0.2) is 4.98 Å². The van der Waals surface area contributed by atoms with Gasteiger partial charge in [-0.05, 0) is 60.6 Å². The largest absolute Gasteiger partial charge is 0.280 e. The van der Waals surface area contributed by atoms with Crippen LogP contribution in [0.3, 0.4) is 0 Å². The van der Waals surface area contributed by atoms with Crippen molar-refractivity contribution in [3.05, 3.63) is 83.0 Å². The Morgan fingerprint density at radius 3 is 2.23 bits per heavy atom. The van der Waals surface area contributed by atoms with Crippen LogP contribution in [0.25, 0.3) is 0 Å². The van der Waals surface area contributed by atoms with Crippen molar-refractivity contribution in [3.8, 4) is 6.07 Å². The Morgan fingerprint density at radius 1 is 1.03 bits per heavy atom. The van der Waals surface area contributed by atoms with Crippen LogP contribution in [-0.2, 0) is 24.1 Å². The van der Waals surface area contributed by atoms with Gasteiger partial charge in [0, 0.05) is 5.69 Å². The van der Waals surface area contributed by atoms with E-state index in [0.29, 0.717) is 16.5 Å². The number of carbonyl (C=O) groups excluding carboxylic acids is 1. The Kier molecular flexibility index (Phi) is 6.39. The minimum atomic E-state index is -0.00764. The maximum atomic E-state index is 13.5. The number of thioether (sulfide) groups is 1. The van der Waals surface area contributed by atoms with Crippen molar-refractivity contribution in [2.24, 2.45) is 5.92 Å². The summed E-state index contributed by atoms with van der Waals surface area (Å²) in [6, 6.07) is 22.2. The zero-order chi connectivity index (χ0) is 21.8. The van der Waals surface area contributed by atoms with E-state index in [1.165, 1.54) is 22.9 Å². The number of hydrogen-bond acceptors (Lipinski definition) is 4. The van der Waals surface area contributed by atoms with E-state index in [2.05, 4.69) is 37.0 Å². The van der Waals surface area contributed by atoms with E-state index < -0.39 is 0 Å². The monoisotopic (exact) mass is 427 g/mol. The Hall–Kier alpha value is -3.10. The average Bonchev–Trinajstić information content (AvgIpc) is 2.94. The van der Waals surface area contributed by atoms with Gasteiger partial charge in [0.1, 0.15) is 11.1 Å².